The minimum atomic E-state index is 0.483. The van der Waals surface area contributed by atoms with Gasteiger partial charge in [0.1, 0.15) is 5.52 Å². The first-order valence-electron chi connectivity index (χ1n) is 26.8. The molecule has 7 nitrogen and oxygen atoms in total. The van der Waals surface area contributed by atoms with Gasteiger partial charge in [0.05, 0.1) is 89.4 Å². The molecule has 0 amide bonds. The van der Waals surface area contributed by atoms with E-state index in [1.165, 1.54) is 0 Å². The first kappa shape index (κ1) is 43.5. The molecule has 0 fully saturated rings. The van der Waals surface area contributed by atoms with Crippen LogP contribution in [0, 0.1) is 0 Å². The van der Waals surface area contributed by atoms with Gasteiger partial charge in [-0.25, -0.2) is 9.97 Å². The third-order valence-corrected chi connectivity index (χ3v) is 16.2. The summed E-state index contributed by atoms with van der Waals surface area (Å²) in [5.41, 5.74) is 17.8. The molecule has 0 aliphatic heterocycles. The van der Waals surface area contributed by atoms with Gasteiger partial charge in [-0.1, -0.05) is 194 Å². The molecule has 0 radical (unpaired) electrons. The van der Waals surface area contributed by atoms with Crippen molar-refractivity contribution in [1.82, 2.24) is 28.2 Å². The van der Waals surface area contributed by atoms with Crippen molar-refractivity contribution in [2.75, 3.05) is 0 Å². The van der Waals surface area contributed by atoms with Crippen LogP contribution in [-0.2, 0) is 0 Å². The highest BCUT2D eigenvalue weighted by Gasteiger charge is 2.37. The number of hydrogen-bond donors (Lipinski definition) is 0. The normalized spacial score (nSPS) is 12.1. The topological polar surface area (TPSA) is 58.6 Å². The lowest BCUT2D eigenvalue weighted by Crippen LogP contribution is -2.16. The molecular weight excluding hydrogens is 965 g/mol. The molecule has 0 saturated carbocycles. The smallest absolute Gasteiger partial charge is 0.231 e. The van der Waals surface area contributed by atoms with Gasteiger partial charge >= 0.3 is 0 Å². The lowest BCUT2D eigenvalue weighted by atomic mass is 9.94. The molecule has 0 bridgehead atoms. The largest absolute Gasteiger partial charge is 0.436 e. The number of pyridine rings is 1. The minimum Gasteiger partial charge on any atom is -0.436 e. The van der Waals surface area contributed by atoms with Gasteiger partial charge in [0.15, 0.2) is 5.58 Å². The summed E-state index contributed by atoms with van der Waals surface area (Å²) in [5, 5.41) is 9.06. The molecule has 368 valence electrons. The Morgan fingerprint density at radius 1 is 0.241 bits per heavy atom. The number of aromatic nitrogens is 6. The second-order valence-electron chi connectivity index (χ2n) is 20.4. The van der Waals surface area contributed by atoms with E-state index in [4.69, 9.17) is 14.4 Å². The Kier molecular flexibility index (Phi) is 9.28. The summed E-state index contributed by atoms with van der Waals surface area (Å²) < 4.78 is 17.4. The third-order valence-electron chi connectivity index (χ3n) is 16.2. The van der Waals surface area contributed by atoms with E-state index in [1.807, 2.05) is 18.2 Å². The average molecular weight is 1010 g/mol. The molecule has 6 heterocycles. The highest BCUT2D eigenvalue weighted by Crippen LogP contribution is 2.54. The highest BCUT2D eigenvalue weighted by molar-refractivity contribution is 6.18. The van der Waals surface area contributed by atoms with Crippen molar-refractivity contribution < 1.29 is 4.42 Å². The van der Waals surface area contributed by atoms with Gasteiger partial charge in [0, 0.05) is 48.7 Å². The van der Waals surface area contributed by atoms with Crippen LogP contribution in [0.3, 0.4) is 0 Å². The third kappa shape index (κ3) is 6.24. The molecule has 0 saturated heterocycles. The van der Waals surface area contributed by atoms with Crippen LogP contribution in [0.25, 0.3) is 155 Å². The Balaban J connectivity index is 1.26. The molecule has 17 aromatic rings. The summed E-state index contributed by atoms with van der Waals surface area (Å²) in [4.78, 5) is 11.6. The van der Waals surface area contributed by atoms with Crippen LogP contribution in [0.1, 0.15) is 0 Å². The summed E-state index contributed by atoms with van der Waals surface area (Å²) in [6.45, 7) is 0. The van der Waals surface area contributed by atoms with Crippen LogP contribution in [0.5, 0.6) is 0 Å². The molecule has 0 aliphatic rings. The molecule has 7 heteroatoms. The van der Waals surface area contributed by atoms with E-state index in [0.717, 1.165) is 144 Å². The Bertz CT molecular complexity index is 4840. The maximum Gasteiger partial charge on any atom is 0.231 e. The molecule has 79 heavy (non-hydrogen) atoms. The van der Waals surface area contributed by atoms with E-state index in [1.54, 1.807) is 0 Å². The Morgan fingerprint density at radius 3 is 0.911 bits per heavy atom. The lowest BCUT2D eigenvalue weighted by molar-refractivity contribution is 0.619. The minimum absolute atomic E-state index is 0.483. The van der Waals surface area contributed by atoms with Gasteiger partial charge in [0.25, 0.3) is 0 Å². The van der Waals surface area contributed by atoms with Crippen LogP contribution in [0.4, 0.5) is 0 Å². The molecule has 11 aromatic carbocycles. The summed E-state index contributed by atoms with van der Waals surface area (Å²) in [6, 6.07) is 95.8. The van der Waals surface area contributed by atoms with Crippen molar-refractivity contribution in [3.8, 4) is 56.7 Å². The molecule has 0 atom stereocenters. The van der Waals surface area contributed by atoms with Gasteiger partial charge in [-0.05, 0) is 72.8 Å². The summed E-state index contributed by atoms with van der Waals surface area (Å²) >= 11 is 0. The Hall–Kier alpha value is -10.8. The Labute approximate surface area is 452 Å². The number of rotatable bonds is 7. The lowest BCUT2D eigenvalue weighted by Gasteiger charge is -2.30. The highest BCUT2D eigenvalue weighted by atomic mass is 16.3. The van der Waals surface area contributed by atoms with E-state index in [-0.39, 0.29) is 0 Å². The molecule has 0 N–H and O–H groups in total. The molecule has 0 spiro atoms. The van der Waals surface area contributed by atoms with Crippen LogP contribution in [-0.4, -0.2) is 28.2 Å². The van der Waals surface area contributed by atoms with Crippen LogP contribution in [0.2, 0.25) is 0 Å². The summed E-state index contributed by atoms with van der Waals surface area (Å²) in [6.07, 6.45) is 0. The van der Waals surface area contributed by atoms with Crippen molar-refractivity contribution in [3.05, 3.63) is 267 Å². The van der Waals surface area contributed by atoms with Gasteiger partial charge in [-0.15, -0.1) is 0 Å². The van der Waals surface area contributed by atoms with E-state index in [9.17, 15) is 0 Å². The van der Waals surface area contributed by atoms with E-state index >= 15 is 0 Å². The fourth-order valence-corrected chi connectivity index (χ4v) is 13.0. The summed E-state index contributed by atoms with van der Waals surface area (Å²) in [7, 11) is 0. The number of oxazole rings is 1. The van der Waals surface area contributed by atoms with E-state index < -0.39 is 0 Å². The zero-order valence-electron chi connectivity index (χ0n) is 42.5. The number of fused-ring (bicyclic) bond motifs is 13. The second kappa shape index (κ2) is 16.9. The van der Waals surface area contributed by atoms with Crippen molar-refractivity contribution in [2.45, 2.75) is 0 Å². The fraction of sp³-hybridized carbons (Fsp3) is 0. The Morgan fingerprint density at radius 2 is 0.544 bits per heavy atom. The number of nitrogens with zero attached hydrogens (tertiary/aromatic N) is 6. The van der Waals surface area contributed by atoms with Crippen molar-refractivity contribution in [1.29, 1.82) is 0 Å². The predicted octanol–water partition coefficient (Wildman–Crippen LogP) is 18.6. The molecule has 6 aromatic heterocycles. The van der Waals surface area contributed by atoms with Crippen LogP contribution in [0.15, 0.2) is 271 Å². The first-order valence-corrected chi connectivity index (χ1v) is 26.8. The molecule has 0 unspecified atom stereocenters. The maximum atomic E-state index is 7.43. The maximum absolute atomic E-state index is 7.43. The number of benzene rings is 11. The SMILES string of the molecule is c1ccc(-c2cccc(-c3c(-n4c5ccccc5c5ccccc54)c(-n4c5ccccc5c5ccccc54)c(-c4nc5ccccc5o4)c(-n4c5ccccc5c5ccccc54)c3-n3c4ccccc4c4ccccc43)n2)cc1. The molecule has 17 rings (SSSR count). The van der Waals surface area contributed by atoms with Crippen molar-refractivity contribution >= 4 is 98.3 Å². The van der Waals surface area contributed by atoms with Gasteiger partial charge in [0.2, 0.25) is 5.89 Å². The monoisotopic (exact) mass is 1010 g/mol. The van der Waals surface area contributed by atoms with Crippen molar-refractivity contribution in [2.24, 2.45) is 0 Å². The van der Waals surface area contributed by atoms with Gasteiger partial charge in [-0.2, -0.15) is 0 Å². The number of hydrogen-bond acceptors (Lipinski definition) is 3. The molecular formula is C72H44N6O. The van der Waals surface area contributed by atoms with Crippen LogP contribution < -0.4 is 0 Å². The first-order chi connectivity index (χ1) is 39.3. The second-order valence-corrected chi connectivity index (χ2v) is 20.4. The quantitative estimate of drug-likeness (QED) is 0.160. The zero-order chi connectivity index (χ0) is 51.7. The van der Waals surface area contributed by atoms with Crippen molar-refractivity contribution in [3.63, 3.8) is 0 Å². The van der Waals surface area contributed by atoms with E-state index in [2.05, 4.69) is 267 Å². The average Bonchev–Trinajstić information content (AvgIpc) is 4.54. The van der Waals surface area contributed by atoms with Crippen LogP contribution >= 0.6 is 0 Å². The number of para-hydroxylation sites is 10. The van der Waals surface area contributed by atoms with E-state index in [0.29, 0.717) is 11.5 Å². The standard InChI is InChI=1S/C72H44N6O/c1-2-23-45(24-3-1)54-34-22-35-56(73-54)66-68(75-57-36-13-4-25-46(57)47-26-5-14-37-58(47)75)70(77-61-40-17-8-29-50(61)51-30-9-18-41-62(51)77)67(72-74-55-33-12-21-44-65(55)79-72)71(78-63-42-19-10-31-52(63)53-32-11-20-43-64(53)78)69(66)76-59-38-15-6-27-48(59)49-28-7-16-39-60(49)76/h1-44H. The zero-order valence-corrected chi connectivity index (χ0v) is 42.5. The van der Waals surface area contributed by atoms with Gasteiger partial charge < -0.3 is 22.7 Å². The summed E-state index contributed by atoms with van der Waals surface area (Å²) in [5.74, 6) is 0.483. The molecule has 0 aliphatic carbocycles. The fourth-order valence-electron chi connectivity index (χ4n) is 13.0. The predicted molar refractivity (Wildman–Crippen MR) is 325 cm³/mol. The van der Waals surface area contributed by atoms with Gasteiger partial charge in [-0.3, -0.25) is 0 Å².